The quantitative estimate of drug-likeness (QED) is 0.531. The van der Waals surface area contributed by atoms with Crippen molar-refractivity contribution in [1.29, 1.82) is 0 Å². The van der Waals surface area contributed by atoms with Crippen LogP contribution < -0.4 is 0 Å². The van der Waals surface area contributed by atoms with E-state index in [-0.39, 0.29) is 0 Å². The molecule has 43 valence electrons. The predicted molar refractivity (Wildman–Crippen MR) is 29.2 cm³/mol. The lowest BCUT2D eigenvalue weighted by Crippen LogP contribution is -1.99. The first-order valence-corrected chi connectivity index (χ1v) is 2.58. The maximum atomic E-state index is 3.80. The molecule has 0 saturated carbocycles. The van der Waals surface area contributed by atoms with Crippen molar-refractivity contribution in [3.8, 4) is 0 Å². The molecule has 1 radical (unpaired) electrons. The third-order valence-electron chi connectivity index (χ3n) is 0.923. The number of rotatable bonds is 1. The molecule has 1 heterocycles. The van der Waals surface area contributed by atoms with Gasteiger partial charge in [0.25, 0.3) is 0 Å². The molecular formula is C5H8N3. The Hall–Kier alpha value is -0.860. The summed E-state index contributed by atoms with van der Waals surface area (Å²) in [4.78, 5) is 3.67. The fourth-order valence-electron chi connectivity index (χ4n) is 0.437. The summed E-state index contributed by atoms with van der Waals surface area (Å²) < 4.78 is 1.75. The lowest BCUT2D eigenvalue weighted by Gasteiger charge is -2.00. The molecule has 0 aliphatic heterocycles. The molecule has 0 bridgehead atoms. The first-order valence-electron chi connectivity index (χ1n) is 2.58. The molecule has 0 aromatic carbocycles. The average Bonchev–Trinajstić information content (AvgIpc) is 2.12. The van der Waals surface area contributed by atoms with Crippen molar-refractivity contribution < 1.29 is 0 Å². The zero-order chi connectivity index (χ0) is 5.98. The monoisotopic (exact) mass is 110 g/mol. The van der Waals surface area contributed by atoms with Crippen LogP contribution in [0.4, 0.5) is 0 Å². The number of hydrogen-bond acceptors (Lipinski definition) is 2. The van der Waals surface area contributed by atoms with E-state index in [2.05, 4.69) is 16.4 Å². The fraction of sp³-hybridized carbons (Fsp3) is 0.600. The van der Waals surface area contributed by atoms with Crippen LogP contribution in [0, 0.1) is 6.33 Å². The molecule has 0 aliphatic carbocycles. The number of aromatic nitrogens is 3. The minimum atomic E-state index is 0.397. The van der Waals surface area contributed by atoms with Gasteiger partial charge in [0.05, 0.1) is 0 Å². The molecule has 0 unspecified atom stereocenters. The second-order valence-electron chi connectivity index (χ2n) is 1.92. The molecule has 0 spiro atoms. The number of nitrogens with zero attached hydrogens (tertiary/aromatic N) is 3. The van der Waals surface area contributed by atoms with Crippen molar-refractivity contribution in [1.82, 2.24) is 14.8 Å². The normalized spacial score (nSPS) is 10.4. The van der Waals surface area contributed by atoms with Crippen LogP contribution in [0.15, 0.2) is 6.33 Å². The van der Waals surface area contributed by atoms with Gasteiger partial charge in [0.15, 0.2) is 0 Å². The van der Waals surface area contributed by atoms with E-state index >= 15 is 0 Å². The molecule has 0 atom stereocenters. The summed E-state index contributed by atoms with van der Waals surface area (Å²) in [6.45, 7) is 4.09. The Bertz CT molecular complexity index is 143. The van der Waals surface area contributed by atoms with Crippen LogP contribution >= 0.6 is 0 Å². The summed E-state index contributed by atoms with van der Waals surface area (Å²) in [6, 6.07) is 0.397. The predicted octanol–water partition coefficient (Wildman–Crippen LogP) is 0.659. The second kappa shape index (κ2) is 1.94. The molecule has 1 rings (SSSR count). The summed E-state index contributed by atoms with van der Waals surface area (Å²) in [6.07, 6.45) is 4.13. The van der Waals surface area contributed by atoms with E-state index in [1.807, 2.05) is 13.8 Å². The Morgan fingerprint density at radius 2 is 2.38 bits per heavy atom. The van der Waals surface area contributed by atoms with E-state index in [1.165, 1.54) is 0 Å². The number of hydrogen-bond donors (Lipinski definition) is 0. The molecule has 0 fully saturated rings. The fourth-order valence-corrected chi connectivity index (χ4v) is 0.437. The van der Waals surface area contributed by atoms with E-state index in [4.69, 9.17) is 0 Å². The summed E-state index contributed by atoms with van der Waals surface area (Å²) in [5, 5.41) is 3.80. The minimum Gasteiger partial charge on any atom is -0.250 e. The highest BCUT2D eigenvalue weighted by atomic mass is 15.3. The first-order chi connectivity index (χ1) is 3.80. The molecule has 1 aromatic rings. The van der Waals surface area contributed by atoms with E-state index in [0.29, 0.717) is 6.04 Å². The molecule has 0 saturated heterocycles. The third kappa shape index (κ3) is 0.857. The van der Waals surface area contributed by atoms with Gasteiger partial charge < -0.3 is 0 Å². The van der Waals surface area contributed by atoms with Crippen molar-refractivity contribution in [2.45, 2.75) is 19.9 Å². The molecule has 8 heavy (non-hydrogen) atoms. The van der Waals surface area contributed by atoms with Crippen LogP contribution in [-0.2, 0) is 0 Å². The van der Waals surface area contributed by atoms with Gasteiger partial charge in [0.2, 0.25) is 6.33 Å². The largest absolute Gasteiger partial charge is 0.250 e. The summed E-state index contributed by atoms with van der Waals surface area (Å²) in [7, 11) is 0. The average molecular weight is 110 g/mol. The van der Waals surface area contributed by atoms with Crippen molar-refractivity contribution >= 4 is 0 Å². The molecule has 3 nitrogen and oxygen atoms in total. The lowest BCUT2D eigenvalue weighted by atomic mass is 10.4. The summed E-state index contributed by atoms with van der Waals surface area (Å²) in [5.41, 5.74) is 0. The molecule has 0 N–H and O–H groups in total. The van der Waals surface area contributed by atoms with E-state index < -0.39 is 0 Å². The zero-order valence-corrected chi connectivity index (χ0v) is 5.00. The van der Waals surface area contributed by atoms with Gasteiger partial charge in [-0.2, -0.15) is 0 Å². The van der Waals surface area contributed by atoms with E-state index in [1.54, 1.807) is 11.0 Å². The van der Waals surface area contributed by atoms with Gasteiger partial charge in [-0.3, -0.25) is 0 Å². The van der Waals surface area contributed by atoms with Crippen LogP contribution in [-0.4, -0.2) is 14.8 Å². The lowest BCUT2D eigenvalue weighted by molar-refractivity contribution is 0.530. The second-order valence-corrected chi connectivity index (χ2v) is 1.92. The van der Waals surface area contributed by atoms with Crippen LogP contribution in [0.25, 0.3) is 0 Å². The maximum Gasteiger partial charge on any atom is 0.220 e. The van der Waals surface area contributed by atoms with Crippen LogP contribution in [0.5, 0.6) is 0 Å². The Morgan fingerprint density at radius 3 is 2.62 bits per heavy atom. The Kier molecular flexibility index (Phi) is 1.28. The van der Waals surface area contributed by atoms with Crippen molar-refractivity contribution in [2.75, 3.05) is 0 Å². The smallest absolute Gasteiger partial charge is 0.220 e. The van der Waals surface area contributed by atoms with Gasteiger partial charge in [-0.15, -0.1) is 5.10 Å². The van der Waals surface area contributed by atoms with Crippen LogP contribution in [0.3, 0.4) is 0 Å². The van der Waals surface area contributed by atoms with Crippen molar-refractivity contribution in [3.63, 3.8) is 0 Å². The Balaban J connectivity index is 2.77. The maximum absolute atomic E-state index is 3.80. The topological polar surface area (TPSA) is 30.7 Å². The first kappa shape index (κ1) is 5.28. The SMILES string of the molecule is CC(C)n1cn[c]n1. The Labute approximate surface area is 48.4 Å². The highest BCUT2D eigenvalue weighted by molar-refractivity contribution is 4.58. The van der Waals surface area contributed by atoms with Gasteiger partial charge in [0, 0.05) is 6.04 Å². The van der Waals surface area contributed by atoms with Gasteiger partial charge in [-0.25, -0.2) is 9.67 Å². The van der Waals surface area contributed by atoms with E-state index in [0.717, 1.165) is 0 Å². The molecule has 1 aromatic heterocycles. The van der Waals surface area contributed by atoms with Crippen LogP contribution in [0.2, 0.25) is 0 Å². The molecule has 3 heteroatoms. The van der Waals surface area contributed by atoms with Gasteiger partial charge in [-0.05, 0) is 13.8 Å². The Morgan fingerprint density at radius 1 is 1.62 bits per heavy atom. The summed E-state index contributed by atoms with van der Waals surface area (Å²) >= 11 is 0. The summed E-state index contributed by atoms with van der Waals surface area (Å²) in [5.74, 6) is 0. The highest BCUT2D eigenvalue weighted by Gasteiger charge is 1.93. The van der Waals surface area contributed by atoms with Crippen molar-refractivity contribution in [3.05, 3.63) is 12.7 Å². The van der Waals surface area contributed by atoms with Crippen molar-refractivity contribution in [2.24, 2.45) is 0 Å². The van der Waals surface area contributed by atoms with Crippen LogP contribution in [0.1, 0.15) is 19.9 Å². The van der Waals surface area contributed by atoms with Gasteiger partial charge >= 0.3 is 0 Å². The van der Waals surface area contributed by atoms with Gasteiger partial charge in [0.1, 0.15) is 6.33 Å². The third-order valence-corrected chi connectivity index (χ3v) is 0.923. The standard InChI is InChI=1S/C5H8N3/c1-5(2)8-4-6-3-7-8/h4-5H,1-2H3. The van der Waals surface area contributed by atoms with Gasteiger partial charge in [-0.1, -0.05) is 0 Å². The zero-order valence-electron chi connectivity index (χ0n) is 5.00. The molecule has 0 amide bonds. The van der Waals surface area contributed by atoms with E-state index in [9.17, 15) is 0 Å². The molecular weight excluding hydrogens is 102 g/mol. The molecule has 0 aliphatic rings. The highest BCUT2D eigenvalue weighted by Crippen LogP contribution is 1.96. The minimum absolute atomic E-state index is 0.397.